The average Bonchev–Trinajstić information content (AvgIpc) is 2.65. The van der Waals surface area contributed by atoms with E-state index in [9.17, 15) is 9.59 Å². The Kier molecular flexibility index (Phi) is 44.0. The van der Waals surface area contributed by atoms with Crippen LogP contribution in [0, 0.1) is 0 Å². The highest BCUT2D eigenvalue weighted by atomic mass is 16.5. The van der Waals surface area contributed by atoms with Crippen molar-refractivity contribution in [2.24, 2.45) is 0 Å². The maximum absolute atomic E-state index is 9.90. The van der Waals surface area contributed by atoms with Crippen molar-refractivity contribution in [1.29, 1.82) is 0 Å². The van der Waals surface area contributed by atoms with Gasteiger partial charge in [-0.1, -0.05) is 0 Å². The molecule has 0 aliphatic rings. The minimum absolute atomic E-state index is 0.0278. The molecule has 11 nitrogen and oxygen atoms in total. The Bertz CT molecular complexity index is 249. The summed E-state index contributed by atoms with van der Waals surface area (Å²) in [6.07, 6.45) is 2.46. The van der Waals surface area contributed by atoms with Gasteiger partial charge in [-0.15, -0.1) is 0 Å². The third-order valence-electron chi connectivity index (χ3n) is 2.17. The SMILES string of the molecule is O=C(O)CCCCC(=O)O.OCCCCO.OCCO.OCCOCCO. The molecule has 27 heavy (non-hydrogen) atoms. The molecule has 8 N–H and O–H groups in total. The summed E-state index contributed by atoms with van der Waals surface area (Å²) in [5, 5.41) is 63.9. The number of carbonyl (C=O) groups is 2. The molecular formula is C16H36O11. The molecule has 0 aliphatic carbocycles. The van der Waals surface area contributed by atoms with Gasteiger partial charge in [-0.25, -0.2) is 0 Å². The van der Waals surface area contributed by atoms with Crippen LogP contribution in [0.3, 0.4) is 0 Å². The monoisotopic (exact) mass is 404 g/mol. The molecule has 0 saturated carbocycles. The summed E-state index contributed by atoms with van der Waals surface area (Å²) in [5.74, 6) is -1.74. The van der Waals surface area contributed by atoms with Crippen LogP contribution in [0.25, 0.3) is 0 Å². The van der Waals surface area contributed by atoms with E-state index < -0.39 is 11.9 Å². The number of hydrogen-bond donors (Lipinski definition) is 8. The normalized spacial score (nSPS) is 8.96. The van der Waals surface area contributed by atoms with Crippen LogP contribution in [0.2, 0.25) is 0 Å². The van der Waals surface area contributed by atoms with Gasteiger partial charge in [0.15, 0.2) is 0 Å². The molecule has 0 heterocycles. The zero-order valence-electron chi connectivity index (χ0n) is 15.7. The second-order valence-corrected chi connectivity index (χ2v) is 4.66. The van der Waals surface area contributed by atoms with Gasteiger partial charge < -0.3 is 45.6 Å². The quantitative estimate of drug-likeness (QED) is 0.164. The van der Waals surface area contributed by atoms with E-state index >= 15 is 0 Å². The van der Waals surface area contributed by atoms with Gasteiger partial charge in [-0.3, -0.25) is 9.59 Å². The average molecular weight is 404 g/mol. The molecule has 11 heteroatoms. The first-order valence-electron chi connectivity index (χ1n) is 8.54. The summed E-state index contributed by atoms with van der Waals surface area (Å²) >= 11 is 0. The fraction of sp³-hybridized carbons (Fsp3) is 0.875. The standard InChI is InChI=1S/C6H10O4.C4H10O3.C4H10O2.C2H6O2/c7-5(8)3-1-2-4-6(9)10;5-1-3-7-4-2-6;5-3-1-2-4-6;3-1-2-4/h1-4H2,(H,7,8)(H,9,10);5-6H,1-4H2;5-6H,1-4H2;3-4H,1-2H2. The lowest BCUT2D eigenvalue weighted by Gasteiger charge is -1.94. The minimum atomic E-state index is -0.870. The highest BCUT2D eigenvalue weighted by Crippen LogP contribution is 1.98. The number of aliphatic carboxylic acids is 2. The van der Waals surface area contributed by atoms with Crippen molar-refractivity contribution in [3.05, 3.63) is 0 Å². The van der Waals surface area contributed by atoms with Crippen molar-refractivity contribution in [2.75, 3.05) is 52.9 Å². The second-order valence-electron chi connectivity index (χ2n) is 4.66. The molecule has 0 bridgehead atoms. The summed E-state index contributed by atoms with van der Waals surface area (Å²) in [7, 11) is 0. The summed E-state index contributed by atoms with van der Waals surface area (Å²) in [6.45, 7) is 0.836. The van der Waals surface area contributed by atoms with Crippen LogP contribution in [-0.4, -0.2) is 106 Å². The van der Waals surface area contributed by atoms with Crippen LogP contribution in [0.1, 0.15) is 38.5 Å². The lowest BCUT2D eigenvalue weighted by Crippen LogP contribution is -2.03. The van der Waals surface area contributed by atoms with E-state index in [-0.39, 0.29) is 52.5 Å². The third kappa shape index (κ3) is 67.9. The van der Waals surface area contributed by atoms with E-state index in [1.807, 2.05) is 0 Å². The lowest BCUT2D eigenvalue weighted by atomic mass is 10.2. The summed E-state index contributed by atoms with van der Waals surface area (Å²) < 4.78 is 4.63. The fourth-order valence-electron chi connectivity index (χ4n) is 1.01. The third-order valence-corrected chi connectivity index (χ3v) is 2.17. The number of hydrogen-bond acceptors (Lipinski definition) is 9. The molecular weight excluding hydrogens is 368 g/mol. The van der Waals surface area contributed by atoms with Gasteiger partial charge in [0.05, 0.1) is 39.6 Å². The molecule has 0 unspecified atom stereocenters. The van der Waals surface area contributed by atoms with Crippen molar-refractivity contribution >= 4 is 11.9 Å². The van der Waals surface area contributed by atoms with Crippen LogP contribution >= 0.6 is 0 Å². The molecule has 0 spiro atoms. The van der Waals surface area contributed by atoms with Gasteiger partial charge in [0.2, 0.25) is 0 Å². The zero-order chi connectivity index (χ0) is 21.8. The molecule has 0 atom stereocenters. The summed E-state index contributed by atoms with van der Waals surface area (Å²) in [5.41, 5.74) is 0. The Morgan fingerprint density at radius 1 is 0.519 bits per heavy atom. The first kappa shape index (κ1) is 33.3. The maximum atomic E-state index is 9.90. The Hall–Kier alpha value is -1.34. The van der Waals surface area contributed by atoms with Crippen molar-refractivity contribution in [2.45, 2.75) is 38.5 Å². The second kappa shape index (κ2) is 35.7. The van der Waals surface area contributed by atoms with E-state index in [0.717, 1.165) is 12.8 Å². The molecule has 0 aromatic carbocycles. The molecule has 0 radical (unpaired) electrons. The molecule has 0 rings (SSSR count). The van der Waals surface area contributed by atoms with E-state index in [1.54, 1.807) is 0 Å². The molecule has 0 fully saturated rings. The number of aliphatic hydroxyl groups excluding tert-OH is 6. The van der Waals surface area contributed by atoms with Crippen LogP contribution in [-0.2, 0) is 14.3 Å². The molecule has 0 aromatic heterocycles. The zero-order valence-corrected chi connectivity index (χ0v) is 15.7. The predicted octanol–water partition coefficient (Wildman–Crippen LogP) is -1.57. The van der Waals surface area contributed by atoms with Gasteiger partial charge in [0.25, 0.3) is 0 Å². The van der Waals surface area contributed by atoms with Gasteiger partial charge in [0.1, 0.15) is 0 Å². The summed E-state index contributed by atoms with van der Waals surface area (Å²) in [4.78, 5) is 19.8. The van der Waals surface area contributed by atoms with Gasteiger partial charge in [-0.05, 0) is 25.7 Å². The highest BCUT2D eigenvalue weighted by molar-refractivity contribution is 5.67. The predicted molar refractivity (Wildman–Crippen MR) is 96.3 cm³/mol. The first-order chi connectivity index (χ1) is 12.9. The van der Waals surface area contributed by atoms with Crippen molar-refractivity contribution < 1.29 is 55.2 Å². The number of carboxylic acids is 2. The van der Waals surface area contributed by atoms with Crippen molar-refractivity contribution in [3.63, 3.8) is 0 Å². The van der Waals surface area contributed by atoms with Crippen molar-refractivity contribution in [3.8, 4) is 0 Å². The van der Waals surface area contributed by atoms with Crippen molar-refractivity contribution in [1.82, 2.24) is 0 Å². The number of unbranched alkanes of at least 4 members (excludes halogenated alkanes) is 2. The minimum Gasteiger partial charge on any atom is -0.481 e. The molecule has 0 aliphatic heterocycles. The van der Waals surface area contributed by atoms with Gasteiger partial charge in [-0.2, -0.15) is 0 Å². The van der Waals surface area contributed by atoms with E-state index in [1.165, 1.54) is 0 Å². The van der Waals surface area contributed by atoms with Gasteiger partial charge >= 0.3 is 11.9 Å². The molecule has 166 valence electrons. The Morgan fingerprint density at radius 2 is 0.852 bits per heavy atom. The first-order valence-corrected chi connectivity index (χ1v) is 8.54. The highest BCUT2D eigenvalue weighted by Gasteiger charge is 1.99. The molecule has 0 aromatic rings. The van der Waals surface area contributed by atoms with E-state index in [0.29, 0.717) is 26.1 Å². The van der Waals surface area contributed by atoms with Gasteiger partial charge in [0, 0.05) is 26.1 Å². The van der Waals surface area contributed by atoms with Crippen LogP contribution < -0.4 is 0 Å². The Labute approximate surface area is 159 Å². The molecule has 0 amide bonds. The topological polar surface area (TPSA) is 205 Å². The Balaban J connectivity index is -0.000000138. The number of ether oxygens (including phenoxy) is 1. The van der Waals surface area contributed by atoms with E-state index in [2.05, 4.69) is 4.74 Å². The Morgan fingerprint density at radius 3 is 1.04 bits per heavy atom. The van der Waals surface area contributed by atoms with Crippen LogP contribution in [0.5, 0.6) is 0 Å². The maximum Gasteiger partial charge on any atom is 0.303 e. The smallest absolute Gasteiger partial charge is 0.303 e. The lowest BCUT2D eigenvalue weighted by molar-refractivity contribution is -0.139. The number of aliphatic hydroxyl groups is 6. The largest absolute Gasteiger partial charge is 0.481 e. The van der Waals surface area contributed by atoms with E-state index in [4.69, 9.17) is 40.9 Å². The molecule has 0 saturated heterocycles. The van der Waals surface area contributed by atoms with Crippen LogP contribution in [0.15, 0.2) is 0 Å². The number of carboxylic acid groups (broad SMARTS) is 2. The number of rotatable bonds is 13. The van der Waals surface area contributed by atoms with Crippen LogP contribution in [0.4, 0.5) is 0 Å². The summed E-state index contributed by atoms with van der Waals surface area (Å²) in [6, 6.07) is 0. The fourth-order valence-corrected chi connectivity index (χ4v) is 1.01.